The molecule has 0 amide bonds. The number of nitriles is 1. The van der Waals surface area contributed by atoms with E-state index in [0.717, 1.165) is 18.4 Å². The van der Waals surface area contributed by atoms with Gasteiger partial charge in [0.2, 0.25) is 10.0 Å². The first-order valence-electron chi connectivity index (χ1n) is 5.57. The van der Waals surface area contributed by atoms with Crippen LogP contribution in [0.3, 0.4) is 0 Å². The molecule has 0 aliphatic heterocycles. The van der Waals surface area contributed by atoms with E-state index < -0.39 is 10.0 Å². The van der Waals surface area contributed by atoms with Crippen molar-refractivity contribution >= 4 is 10.0 Å². The zero-order valence-corrected chi connectivity index (χ0v) is 10.2. The molecule has 1 fully saturated rings. The quantitative estimate of drug-likeness (QED) is 0.859. The molecule has 1 aliphatic rings. The Hall–Kier alpha value is -1.38. The van der Waals surface area contributed by atoms with Gasteiger partial charge in [0.1, 0.15) is 0 Å². The number of benzene rings is 1. The summed E-state index contributed by atoms with van der Waals surface area (Å²) in [4.78, 5) is 0.264. The standard InChI is InChI=1S/C12H14N2O2S/c13-8-7-10-3-5-12(6-4-10)17(15,16)14-9-11-1-2-11/h3-6,11,14H,1-2,7,9H2. The molecule has 0 unspecified atom stereocenters. The van der Waals surface area contributed by atoms with E-state index in [9.17, 15) is 8.42 Å². The summed E-state index contributed by atoms with van der Waals surface area (Å²) in [5.74, 6) is 0.516. The molecule has 0 atom stereocenters. The Labute approximate surface area is 101 Å². The van der Waals surface area contributed by atoms with E-state index in [1.165, 1.54) is 0 Å². The van der Waals surface area contributed by atoms with Crippen molar-refractivity contribution in [2.75, 3.05) is 6.54 Å². The van der Waals surface area contributed by atoms with Gasteiger partial charge in [-0.1, -0.05) is 12.1 Å². The van der Waals surface area contributed by atoms with Crippen molar-refractivity contribution < 1.29 is 8.42 Å². The number of nitrogens with zero attached hydrogens (tertiary/aromatic N) is 1. The Kier molecular flexibility index (Phi) is 3.46. The average Bonchev–Trinajstić information content (AvgIpc) is 3.12. The van der Waals surface area contributed by atoms with Crippen LogP contribution >= 0.6 is 0 Å². The summed E-state index contributed by atoms with van der Waals surface area (Å²) >= 11 is 0. The minimum absolute atomic E-state index is 0.264. The lowest BCUT2D eigenvalue weighted by molar-refractivity contribution is 0.577. The highest BCUT2D eigenvalue weighted by Crippen LogP contribution is 2.28. The van der Waals surface area contributed by atoms with Gasteiger partial charge < -0.3 is 0 Å². The molecule has 5 heteroatoms. The maximum Gasteiger partial charge on any atom is 0.240 e. The summed E-state index contributed by atoms with van der Waals surface area (Å²) in [6, 6.07) is 8.46. The highest BCUT2D eigenvalue weighted by atomic mass is 32.2. The third-order valence-corrected chi connectivity index (χ3v) is 4.22. The van der Waals surface area contributed by atoms with Crippen molar-refractivity contribution in [2.45, 2.75) is 24.2 Å². The first kappa shape index (κ1) is 12.1. The van der Waals surface area contributed by atoms with E-state index in [4.69, 9.17) is 5.26 Å². The minimum Gasteiger partial charge on any atom is -0.211 e. The Morgan fingerprint density at radius 2 is 1.94 bits per heavy atom. The summed E-state index contributed by atoms with van der Waals surface area (Å²) < 4.78 is 26.3. The van der Waals surface area contributed by atoms with Gasteiger partial charge in [0.15, 0.2) is 0 Å². The SMILES string of the molecule is N#CCc1ccc(S(=O)(=O)NCC2CC2)cc1. The molecule has 0 radical (unpaired) electrons. The molecule has 1 aromatic carbocycles. The lowest BCUT2D eigenvalue weighted by Gasteiger charge is -2.06. The molecule has 0 aromatic heterocycles. The lowest BCUT2D eigenvalue weighted by atomic mass is 10.2. The summed E-state index contributed by atoms with van der Waals surface area (Å²) in [6.07, 6.45) is 2.53. The van der Waals surface area contributed by atoms with Gasteiger partial charge >= 0.3 is 0 Å². The molecule has 0 bridgehead atoms. The van der Waals surface area contributed by atoms with Gasteiger partial charge in [-0.05, 0) is 36.5 Å². The first-order valence-corrected chi connectivity index (χ1v) is 7.06. The lowest BCUT2D eigenvalue weighted by Crippen LogP contribution is -2.25. The molecular formula is C12H14N2O2S. The van der Waals surface area contributed by atoms with Crippen molar-refractivity contribution in [2.24, 2.45) is 5.92 Å². The number of sulfonamides is 1. The fourth-order valence-corrected chi connectivity index (χ4v) is 2.63. The maximum atomic E-state index is 11.9. The van der Waals surface area contributed by atoms with Crippen molar-refractivity contribution in [3.63, 3.8) is 0 Å². The summed E-state index contributed by atoms with van der Waals surface area (Å²) in [6.45, 7) is 0.530. The Morgan fingerprint density at radius 1 is 1.29 bits per heavy atom. The molecule has 4 nitrogen and oxygen atoms in total. The Balaban J connectivity index is 2.06. The fourth-order valence-electron chi connectivity index (χ4n) is 1.51. The largest absolute Gasteiger partial charge is 0.240 e. The van der Waals surface area contributed by atoms with Crippen molar-refractivity contribution in [3.05, 3.63) is 29.8 Å². The van der Waals surface area contributed by atoms with Crippen molar-refractivity contribution in [1.29, 1.82) is 5.26 Å². The summed E-state index contributed by atoms with van der Waals surface area (Å²) in [7, 11) is -3.38. The molecular weight excluding hydrogens is 236 g/mol. The van der Waals surface area contributed by atoms with Crippen LogP contribution in [0, 0.1) is 17.2 Å². The maximum absolute atomic E-state index is 11.9. The highest BCUT2D eigenvalue weighted by Gasteiger charge is 2.24. The van der Waals surface area contributed by atoms with Crippen LogP contribution in [0.4, 0.5) is 0 Å². The van der Waals surface area contributed by atoms with Crippen molar-refractivity contribution in [3.8, 4) is 6.07 Å². The van der Waals surface area contributed by atoms with Gasteiger partial charge in [-0.25, -0.2) is 13.1 Å². The van der Waals surface area contributed by atoms with Gasteiger partial charge in [-0.2, -0.15) is 5.26 Å². The predicted octanol–water partition coefficient (Wildman–Crippen LogP) is 1.44. The number of nitrogens with one attached hydrogen (secondary N) is 1. The molecule has 1 saturated carbocycles. The summed E-state index contributed by atoms with van der Waals surface area (Å²) in [5.41, 5.74) is 0.827. The molecule has 0 spiro atoms. The van der Waals surface area contributed by atoms with Gasteiger partial charge in [0, 0.05) is 6.54 Å². The molecule has 1 N–H and O–H groups in total. The Morgan fingerprint density at radius 3 is 2.47 bits per heavy atom. The van der Waals surface area contributed by atoms with Gasteiger partial charge in [-0.15, -0.1) is 0 Å². The molecule has 0 heterocycles. The van der Waals surface area contributed by atoms with E-state index in [1.807, 2.05) is 6.07 Å². The smallest absolute Gasteiger partial charge is 0.211 e. The van der Waals surface area contributed by atoms with Crippen LogP contribution in [-0.4, -0.2) is 15.0 Å². The van der Waals surface area contributed by atoms with Crippen LogP contribution in [0.15, 0.2) is 29.2 Å². The second-order valence-corrected chi connectivity index (χ2v) is 6.04. The summed E-state index contributed by atoms with van der Waals surface area (Å²) in [5, 5.41) is 8.52. The van der Waals surface area contributed by atoms with E-state index >= 15 is 0 Å². The second-order valence-electron chi connectivity index (χ2n) is 4.27. The van der Waals surface area contributed by atoms with Crippen LogP contribution in [0.1, 0.15) is 18.4 Å². The number of hydrogen-bond donors (Lipinski definition) is 1. The van der Waals surface area contributed by atoms with E-state index in [1.54, 1.807) is 24.3 Å². The zero-order valence-electron chi connectivity index (χ0n) is 9.39. The van der Waals surface area contributed by atoms with Gasteiger partial charge in [0.25, 0.3) is 0 Å². The molecule has 1 aliphatic carbocycles. The van der Waals surface area contributed by atoms with Gasteiger partial charge in [0.05, 0.1) is 17.4 Å². The third kappa shape index (κ3) is 3.29. The van der Waals surface area contributed by atoms with E-state index in [-0.39, 0.29) is 4.90 Å². The Bertz CT molecular complexity index is 525. The fraction of sp³-hybridized carbons (Fsp3) is 0.417. The molecule has 17 heavy (non-hydrogen) atoms. The topological polar surface area (TPSA) is 70.0 Å². The van der Waals surface area contributed by atoms with Crippen LogP contribution in [0.2, 0.25) is 0 Å². The molecule has 0 saturated heterocycles. The average molecular weight is 250 g/mol. The van der Waals surface area contributed by atoms with Crippen molar-refractivity contribution in [1.82, 2.24) is 4.72 Å². The van der Waals surface area contributed by atoms with E-state index in [0.29, 0.717) is 18.9 Å². The van der Waals surface area contributed by atoms with Crippen LogP contribution < -0.4 is 4.72 Å². The molecule has 90 valence electrons. The molecule has 2 rings (SSSR count). The normalized spacial score (nSPS) is 15.5. The minimum atomic E-state index is -3.38. The monoisotopic (exact) mass is 250 g/mol. The first-order chi connectivity index (χ1) is 8.12. The van der Waals surface area contributed by atoms with Gasteiger partial charge in [-0.3, -0.25) is 0 Å². The zero-order chi connectivity index (χ0) is 12.3. The predicted molar refractivity (Wildman–Crippen MR) is 63.7 cm³/mol. The number of rotatable bonds is 5. The third-order valence-electron chi connectivity index (χ3n) is 2.78. The van der Waals surface area contributed by atoms with Crippen LogP contribution in [-0.2, 0) is 16.4 Å². The van der Waals surface area contributed by atoms with Crippen LogP contribution in [0.25, 0.3) is 0 Å². The number of hydrogen-bond acceptors (Lipinski definition) is 3. The highest BCUT2D eigenvalue weighted by molar-refractivity contribution is 7.89. The molecule has 1 aromatic rings. The van der Waals surface area contributed by atoms with E-state index in [2.05, 4.69) is 4.72 Å². The second kappa shape index (κ2) is 4.86. The van der Waals surface area contributed by atoms with Crippen LogP contribution in [0.5, 0.6) is 0 Å².